The Labute approximate surface area is 230 Å². The number of hydrogen-bond acceptors (Lipinski definition) is 9. The lowest BCUT2D eigenvalue weighted by atomic mass is 9.42. The van der Waals surface area contributed by atoms with Crippen LogP contribution in [0, 0.1) is 28.6 Å². The van der Waals surface area contributed by atoms with Crippen molar-refractivity contribution in [2.75, 3.05) is 13.7 Å². The average molecular weight is 551 g/mol. The molecular formula is C30H46O9. The lowest BCUT2D eigenvalue weighted by Crippen LogP contribution is -2.67. The highest BCUT2D eigenvalue weighted by Gasteiger charge is 2.70. The zero-order chi connectivity index (χ0) is 28.0. The lowest BCUT2D eigenvalue weighted by Gasteiger charge is -2.66. The molecule has 1 saturated heterocycles. The standard InChI is InChI=1S/C30H46O9/c1-16-23(32)25(36-4)24(33)26(38-16)39-18-5-9-27(2)20-6-10-28(3)19(17-13-22(31)37-15-17)8-12-30(28,35)21(20)7-11-29(27,34)14-18/h13,16,18-21,23-26,32-35H,5-12,14-15H2,1-4H3/t16-,18+,19-,20?,21?,23+,24-,25+,26-,27-,28-,29+,30+/m1/s1. The second-order valence-electron chi connectivity index (χ2n) is 13.9. The van der Waals surface area contributed by atoms with E-state index in [1.54, 1.807) is 13.0 Å². The minimum absolute atomic E-state index is 0.0934. The van der Waals surface area contributed by atoms with Gasteiger partial charge in [0.2, 0.25) is 0 Å². The average Bonchev–Trinajstić information content (AvgIpc) is 3.43. The van der Waals surface area contributed by atoms with Crippen LogP contribution in [-0.2, 0) is 23.7 Å². The molecule has 9 heteroatoms. The number of aliphatic hydroxyl groups excluding tert-OH is 2. The smallest absolute Gasteiger partial charge is 0.331 e. The van der Waals surface area contributed by atoms with Crippen LogP contribution in [0.25, 0.3) is 0 Å². The summed E-state index contributed by atoms with van der Waals surface area (Å²) in [6.07, 6.45) is 3.58. The van der Waals surface area contributed by atoms with Gasteiger partial charge in [-0.3, -0.25) is 0 Å². The van der Waals surface area contributed by atoms with Crippen molar-refractivity contribution in [3.63, 3.8) is 0 Å². The van der Waals surface area contributed by atoms with Crippen LogP contribution in [0.5, 0.6) is 0 Å². The van der Waals surface area contributed by atoms with E-state index < -0.39 is 41.9 Å². The van der Waals surface area contributed by atoms with E-state index in [0.29, 0.717) is 32.3 Å². The number of aliphatic hydroxyl groups is 4. The normalized spacial score (nSPS) is 55.3. The highest BCUT2D eigenvalue weighted by atomic mass is 16.7. The molecule has 2 unspecified atom stereocenters. The highest BCUT2D eigenvalue weighted by molar-refractivity contribution is 5.85. The van der Waals surface area contributed by atoms with Crippen molar-refractivity contribution in [1.29, 1.82) is 0 Å². The van der Waals surface area contributed by atoms with Gasteiger partial charge in [-0.2, -0.15) is 0 Å². The van der Waals surface area contributed by atoms with Crippen LogP contribution in [0.3, 0.4) is 0 Å². The second kappa shape index (κ2) is 9.48. The summed E-state index contributed by atoms with van der Waals surface area (Å²) in [4.78, 5) is 11.8. The molecule has 0 radical (unpaired) electrons. The summed E-state index contributed by atoms with van der Waals surface area (Å²) in [6.45, 7) is 6.48. The number of rotatable bonds is 4. The van der Waals surface area contributed by atoms with Gasteiger partial charge in [-0.25, -0.2) is 4.79 Å². The van der Waals surface area contributed by atoms with Crippen LogP contribution in [-0.4, -0.2) is 88.1 Å². The zero-order valence-corrected chi connectivity index (χ0v) is 23.7. The molecule has 4 saturated carbocycles. The van der Waals surface area contributed by atoms with Crippen LogP contribution < -0.4 is 0 Å². The first-order valence-corrected chi connectivity index (χ1v) is 14.9. The number of esters is 1. The van der Waals surface area contributed by atoms with Gasteiger partial charge in [0.15, 0.2) is 6.29 Å². The molecular weight excluding hydrogens is 504 g/mol. The maximum Gasteiger partial charge on any atom is 0.331 e. The molecule has 220 valence electrons. The Morgan fingerprint density at radius 3 is 2.36 bits per heavy atom. The van der Waals surface area contributed by atoms with E-state index in [1.807, 2.05) is 0 Å². The molecule has 0 aromatic heterocycles. The molecule has 39 heavy (non-hydrogen) atoms. The first-order valence-electron chi connectivity index (χ1n) is 14.9. The van der Waals surface area contributed by atoms with Gasteiger partial charge in [0, 0.05) is 25.0 Å². The molecule has 0 aromatic carbocycles. The van der Waals surface area contributed by atoms with Gasteiger partial charge in [-0.05, 0) is 87.0 Å². The molecule has 5 fully saturated rings. The summed E-state index contributed by atoms with van der Waals surface area (Å²) in [6, 6.07) is 0. The quantitative estimate of drug-likeness (QED) is 0.307. The molecule has 0 amide bonds. The van der Waals surface area contributed by atoms with Gasteiger partial charge < -0.3 is 39.4 Å². The summed E-state index contributed by atoms with van der Waals surface area (Å²) < 4.78 is 22.6. The molecule has 6 aliphatic rings. The topological polar surface area (TPSA) is 135 Å². The Kier molecular flexibility index (Phi) is 6.82. The van der Waals surface area contributed by atoms with Crippen LogP contribution in [0.2, 0.25) is 0 Å². The Bertz CT molecular complexity index is 1020. The van der Waals surface area contributed by atoms with Gasteiger partial charge in [0.1, 0.15) is 24.9 Å². The van der Waals surface area contributed by atoms with E-state index in [2.05, 4.69) is 13.8 Å². The second-order valence-corrected chi connectivity index (χ2v) is 13.9. The lowest BCUT2D eigenvalue weighted by molar-refractivity contribution is -0.321. The van der Waals surface area contributed by atoms with Gasteiger partial charge in [-0.1, -0.05) is 13.8 Å². The molecule has 6 rings (SSSR count). The molecule has 13 atom stereocenters. The van der Waals surface area contributed by atoms with Crippen molar-refractivity contribution < 1.29 is 44.2 Å². The van der Waals surface area contributed by atoms with Crippen LogP contribution in [0.4, 0.5) is 0 Å². The molecule has 0 spiro atoms. The van der Waals surface area contributed by atoms with E-state index in [1.165, 1.54) is 7.11 Å². The molecule has 2 heterocycles. The third kappa shape index (κ3) is 3.94. The third-order valence-corrected chi connectivity index (χ3v) is 12.5. The van der Waals surface area contributed by atoms with E-state index in [0.717, 1.165) is 37.7 Å². The number of fused-ring (bicyclic) bond motifs is 5. The minimum Gasteiger partial charge on any atom is -0.458 e. The monoisotopic (exact) mass is 550 g/mol. The van der Waals surface area contributed by atoms with Gasteiger partial charge in [0.25, 0.3) is 0 Å². The van der Waals surface area contributed by atoms with Crippen molar-refractivity contribution in [3.8, 4) is 0 Å². The number of ether oxygens (including phenoxy) is 4. The maximum atomic E-state index is 12.4. The molecule has 9 nitrogen and oxygen atoms in total. The summed E-state index contributed by atoms with van der Waals surface area (Å²) >= 11 is 0. The van der Waals surface area contributed by atoms with Crippen molar-refractivity contribution in [1.82, 2.24) is 0 Å². The predicted molar refractivity (Wildman–Crippen MR) is 139 cm³/mol. The number of cyclic esters (lactones) is 1. The van der Waals surface area contributed by atoms with Crippen molar-refractivity contribution in [2.24, 2.45) is 28.6 Å². The van der Waals surface area contributed by atoms with Crippen molar-refractivity contribution >= 4 is 5.97 Å². The summed E-state index contributed by atoms with van der Waals surface area (Å²) in [5, 5.41) is 45.7. The summed E-state index contributed by atoms with van der Waals surface area (Å²) in [7, 11) is 1.45. The summed E-state index contributed by atoms with van der Waals surface area (Å²) in [5.74, 6) is 0.151. The van der Waals surface area contributed by atoms with E-state index >= 15 is 0 Å². The van der Waals surface area contributed by atoms with E-state index in [9.17, 15) is 25.2 Å². The molecule has 2 aliphatic heterocycles. The van der Waals surface area contributed by atoms with Crippen LogP contribution >= 0.6 is 0 Å². The SMILES string of the molecule is CO[C@H]1[C@@H](O)[C@@H](C)O[C@H](O[C@H]2CC[C@]3(C)C4CC[C@]5(C)[C@@H](C6=CC(=O)OC6)CC[C@]5(O)C4CC[C@]3(O)C2)[C@@H]1O. The first kappa shape index (κ1) is 28.1. The number of methoxy groups -OCH3 is 1. The van der Waals surface area contributed by atoms with Crippen LogP contribution in [0.15, 0.2) is 11.6 Å². The van der Waals surface area contributed by atoms with E-state index in [-0.39, 0.29) is 40.7 Å². The predicted octanol–water partition coefficient (Wildman–Crippen LogP) is 2.23. The first-order chi connectivity index (χ1) is 18.4. The van der Waals surface area contributed by atoms with E-state index in [4.69, 9.17) is 18.9 Å². The fourth-order valence-electron chi connectivity index (χ4n) is 10.1. The Morgan fingerprint density at radius 1 is 0.949 bits per heavy atom. The Balaban J connectivity index is 1.19. The highest BCUT2D eigenvalue weighted by Crippen LogP contribution is 2.70. The minimum atomic E-state index is -1.13. The van der Waals surface area contributed by atoms with Crippen molar-refractivity contribution in [3.05, 3.63) is 11.6 Å². The fourth-order valence-corrected chi connectivity index (χ4v) is 10.1. The zero-order valence-electron chi connectivity index (χ0n) is 23.7. The summed E-state index contributed by atoms with van der Waals surface area (Å²) in [5.41, 5.74) is -1.43. The number of carbonyl (C=O) groups excluding carboxylic acids is 1. The van der Waals surface area contributed by atoms with Gasteiger partial charge >= 0.3 is 5.97 Å². The van der Waals surface area contributed by atoms with Gasteiger partial charge in [0.05, 0.1) is 23.4 Å². The molecule has 4 N–H and O–H groups in total. The van der Waals surface area contributed by atoms with Gasteiger partial charge in [-0.15, -0.1) is 0 Å². The molecule has 4 aliphatic carbocycles. The fraction of sp³-hybridized carbons (Fsp3) is 0.900. The van der Waals surface area contributed by atoms with Crippen molar-refractivity contribution in [2.45, 2.75) is 127 Å². The number of hydrogen-bond donors (Lipinski definition) is 4. The number of carbonyl (C=O) groups is 1. The molecule has 0 aromatic rings. The Hall–Kier alpha value is -1.07. The maximum absolute atomic E-state index is 12.4. The third-order valence-electron chi connectivity index (χ3n) is 12.5. The molecule has 0 bridgehead atoms. The largest absolute Gasteiger partial charge is 0.458 e. The van der Waals surface area contributed by atoms with Crippen LogP contribution in [0.1, 0.15) is 78.6 Å². The Morgan fingerprint density at radius 2 is 1.67 bits per heavy atom.